The average molecular weight is 277 g/mol. The highest BCUT2D eigenvalue weighted by atomic mass is 32.1. The van der Waals surface area contributed by atoms with Crippen LogP contribution in [0.1, 0.15) is 28.7 Å². The van der Waals surface area contributed by atoms with Crippen molar-refractivity contribution < 1.29 is 4.79 Å². The maximum absolute atomic E-state index is 12.6. The Labute approximate surface area is 114 Å². The Morgan fingerprint density at radius 1 is 1.58 bits per heavy atom. The van der Waals surface area contributed by atoms with E-state index < -0.39 is 0 Å². The Hall–Kier alpha value is -1.73. The van der Waals surface area contributed by atoms with Gasteiger partial charge in [-0.05, 0) is 6.92 Å². The zero-order valence-electron chi connectivity index (χ0n) is 10.6. The topological polar surface area (TPSA) is 73.9 Å². The number of H-pyrrole nitrogens is 1. The highest BCUT2D eigenvalue weighted by Crippen LogP contribution is 2.22. The standard InChI is InChI=1S/C12H15N5OS/c1-2-17(12-14-5-6-19-12)11(18)10-8-7-13-4-3-9(8)15-16-10/h5-6,13H,2-4,7H2,1H3,(H,15,16). The lowest BCUT2D eigenvalue weighted by molar-refractivity contribution is 0.0982. The van der Waals surface area contributed by atoms with Crippen molar-refractivity contribution in [1.82, 2.24) is 20.5 Å². The number of amides is 1. The molecule has 6 nitrogen and oxygen atoms in total. The molecule has 1 amide bonds. The zero-order valence-corrected chi connectivity index (χ0v) is 11.5. The molecule has 0 saturated carbocycles. The number of aromatic nitrogens is 3. The molecule has 0 aliphatic carbocycles. The molecule has 100 valence electrons. The van der Waals surface area contributed by atoms with Gasteiger partial charge < -0.3 is 5.32 Å². The summed E-state index contributed by atoms with van der Waals surface area (Å²) in [4.78, 5) is 18.5. The maximum Gasteiger partial charge on any atom is 0.280 e. The number of thiazole rings is 1. The maximum atomic E-state index is 12.6. The van der Waals surface area contributed by atoms with E-state index in [2.05, 4.69) is 20.5 Å². The molecule has 7 heteroatoms. The molecular formula is C12H15N5OS. The number of nitrogens with one attached hydrogen (secondary N) is 2. The van der Waals surface area contributed by atoms with Crippen LogP contribution in [0.3, 0.4) is 0 Å². The van der Waals surface area contributed by atoms with E-state index in [-0.39, 0.29) is 5.91 Å². The number of anilines is 1. The molecule has 2 aromatic heterocycles. The molecule has 0 unspecified atom stereocenters. The number of fused-ring (bicyclic) bond motifs is 1. The van der Waals surface area contributed by atoms with Crippen LogP contribution in [0.4, 0.5) is 5.13 Å². The summed E-state index contributed by atoms with van der Waals surface area (Å²) in [6, 6.07) is 0. The highest BCUT2D eigenvalue weighted by Gasteiger charge is 2.26. The molecular weight excluding hydrogens is 262 g/mol. The summed E-state index contributed by atoms with van der Waals surface area (Å²) >= 11 is 1.46. The number of rotatable bonds is 3. The van der Waals surface area contributed by atoms with Gasteiger partial charge in [0, 0.05) is 48.9 Å². The summed E-state index contributed by atoms with van der Waals surface area (Å²) in [5, 5.41) is 13.0. The van der Waals surface area contributed by atoms with Crippen LogP contribution < -0.4 is 10.2 Å². The van der Waals surface area contributed by atoms with E-state index in [4.69, 9.17) is 0 Å². The highest BCUT2D eigenvalue weighted by molar-refractivity contribution is 7.13. The Bertz CT molecular complexity index is 577. The van der Waals surface area contributed by atoms with Crippen LogP contribution >= 0.6 is 11.3 Å². The van der Waals surface area contributed by atoms with Crippen molar-refractivity contribution in [3.63, 3.8) is 0 Å². The lowest BCUT2D eigenvalue weighted by atomic mass is 10.1. The second-order valence-corrected chi connectivity index (χ2v) is 5.19. The van der Waals surface area contributed by atoms with Gasteiger partial charge in [-0.2, -0.15) is 5.10 Å². The second kappa shape index (κ2) is 5.10. The van der Waals surface area contributed by atoms with Gasteiger partial charge in [0.2, 0.25) is 0 Å². The average Bonchev–Trinajstić information content (AvgIpc) is 3.08. The summed E-state index contributed by atoms with van der Waals surface area (Å²) in [5.74, 6) is -0.0846. The van der Waals surface area contributed by atoms with E-state index in [1.165, 1.54) is 11.3 Å². The fourth-order valence-corrected chi connectivity index (χ4v) is 2.95. The third kappa shape index (κ3) is 2.15. The molecule has 1 aliphatic heterocycles. The molecule has 0 bridgehead atoms. The minimum atomic E-state index is -0.0846. The first-order valence-corrected chi connectivity index (χ1v) is 7.17. The second-order valence-electron chi connectivity index (χ2n) is 4.32. The summed E-state index contributed by atoms with van der Waals surface area (Å²) in [6.07, 6.45) is 2.59. The lowest BCUT2D eigenvalue weighted by Gasteiger charge is -2.18. The Morgan fingerprint density at radius 3 is 3.21 bits per heavy atom. The van der Waals surface area contributed by atoms with E-state index in [1.807, 2.05) is 12.3 Å². The van der Waals surface area contributed by atoms with Crippen LogP contribution in [0, 0.1) is 0 Å². The molecule has 2 aromatic rings. The van der Waals surface area contributed by atoms with Gasteiger partial charge in [-0.1, -0.05) is 0 Å². The van der Waals surface area contributed by atoms with Crippen molar-refractivity contribution in [2.45, 2.75) is 19.9 Å². The number of nitrogens with zero attached hydrogens (tertiary/aromatic N) is 3. The fourth-order valence-electron chi connectivity index (χ4n) is 2.24. The molecule has 0 spiro atoms. The van der Waals surface area contributed by atoms with Gasteiger partial charge in [0.25, 0.3) is 5.91 Å². The number of carbonyl (C=O) groups is 1. The quantitative estimate of drug-likeness (QED) is 0.883. The van der Waals surface area contributed by atoms with Gasteiger partial charge in [0.1, 0.15) is 0 Å². The van der Waals surface area contributed by atoms with Crippen LogP contribution in [-0.4, -0.2) is 34.2 Å². The van der Waals surface area contributed by atoms with Gasteiger partial charge in [-0.25, -0.2) is 4.98 Å². The van der Waals surface area contributed by atoms with Gasteiger partial charge in [-0.15, -0.1) is 11.3 Å². The van der Waals surface area contributed by atoms with E-state index >= 15 is 0 Å². The van der Waals surface area contributed by atoms with Gasteiger partial charge in [0.05, 0.1) is 0 Å². The Balaban J connectivity index is 1.93. The third-order valence-corrected chi connectivity index (χ3v) is 4.01. The van der Waals surface area contributed by atoms with Crippen molar-refractivity contribution >= 4 is 22.4 Å². The smallest absolute Gasteiger partial charge is 0.280 e. The van der Waals surface area contributed by atoms with Crippen molar-refractivity contribution in [3.8, 4) is 0 Å². The molecule has 3 heterocycles. The van der Waals surface area contributed by atoms with Crippen molar-refractivity contribution in [2.75, 3.05) is 18.0 Å². The van der Waals surface area contributed by atoms with Crippen LogP contribution in [-0.2, 0) is 13.0 Å². The third-order valence-electron chi connectivity index (χ3n) is 3.22. The predicted octanol–water partition coefficient (Wildman–Crippen LogP) is 1.18. The SMILES string of the molecule is CCN(C(=O)c1n[nH]c2c1CNCC2)c1nccs1. The summed E-state index contributed by atoms with van der Waals surface area (Å²) < 4.78 is 0. The van der Waals surface area contributed by atoms with Crippen LogP contribution in [0.25, 0.3) is 0 Å². The molecule has 2 N–H and O–H groups in total. The number of hydrogen-bond acceptors (Lipinski definition) is 5. The molecule has 0 fully saturated rings. The van der Waals surface area contributed by atoms with Crippen LogP contribution in [0.2, 0.25) is 0 Å². The van der Waals surface area contributed by atoms with Crippen molar-refractivity contribution in [1.29, 1.82) is 0 Å². The predicted molar refractivity (Wildman–Crippen MR) is 73.5 cm³/mol. The van der Waals surface area contributed by atoms with E-state index in [0.717, 1.165) is 24.2 Å². The Kier molecular flexibility index (Phi) is 3.31. The van der Waals surface area contributed by atoms with Gasteiger partial charge in [0.15, 0.2) is 10.8 Å². The lowest BCUT2D eigenvalue weighted by Crippen LogP contribution is -2.33. The molecule has 3 rings (SSSR count). The molecule has 0 saturated heterocycles. The molecule has 1 aliphatic rings. The van der Waals surface area contributed by atoms with Gasteiger partial charge >= 0.3 is 0 Å². The van der Waals surface area contributed by atoms with Crippen LogP contribution in [0.5, 0.6) is 0 Å². The number of carbonyl (C=O) groups excluding carboxylic acids is 1. The van der Waals surface area contributed by atoms with Gasteiger partial charge in [-0.3, -0.25) is 14.8 Å². The minimum Gasteiger partial charge on any atom is -0.312 e. The van der Waals surface area contributed by atoms with E-state index in [0.29, 0.717) is 23.9 Å². The normalized spacial score (nSPS) is 14.2. The minimum absolute atomic E-state index is 0.0846. The first-order valence-electron chi connectivity index (χ1n) is 6.29. The number of hydrogen-bond donors (Lipinski definition) is 2. The number of aromatic amines is 1. The van der Waals surface area contributed by atoms with Crippen LogP contribution in [0.15, 0.2) is 11.6 Å². The van der Waals surface area contributed by atoms with E-state index in [9.17, 15) is 4.79 Å². The summed E-state index contributed by atoms with van der Waals surface area (Å²) in [6.45, 7) is 4.15. The van der Waals surface area contributed by atoms with Crippen molar-refractivity contribution in [3.05, 3.63) is 28.5 Å². The fraction of sp³-hybridized carbons (Fsp3) is 0.417. The molecule has 0 atom stereocenters. The Morgan fingerprint density at radius 2 is 2.47 bits per heavy atom. The van der Waals surface area contributed by atoms with E-state index in [1.54, 1.807) is 11.1 Å². The monoisotopic (exact) mass is 277 g/mol. The van der Waals surface area contributed by atoms with Crippen molar-refractivity contribution in [2.24, 2.45) is 0 Å². The first kappa shape index (κ1) is 12.3. The first-order chi connectivity index (χ1) is 9.31. The largest absolute Gasteiger partial charge is 0.312 e. The zero-order chi connectivity index (χ0) is 13.2. The summed E-state index contributed by atoms with van der Waals surface area (Å²) in [7, 11) is 0. The molecule has 19 heavy (non-hydrogen) atoms. The summed E-state index contributed by atoms with van der Waals surface area (Å²) in [5.41, 5.74) is 2.57. The molecule has 0 radical (unpaired) electrons. The molecule has 0 aromatic carbocycles.